The second kappa shape index (κ2) is 9.96. The molecule has 1 atom stereocenters. The molecule has 1 aromatic carbocycles. The van der Waals surface area contributed by atoms with E-state index in [0.29, 0.717) is 6.04 Å². The summed E-state index contributed by atoms with van der Waals surface area (Å²) in [5.74, 6) is 0. The zero-order chi connectivity index (χ0) is 13.9. The largest absolute Gasteiger partial charge is 0.383 e. The summed E-state index contributed by atoms with van der Waals surface area (Å²) in [5, 5.41) is 6.91. The van der Waals surface area contributed by atoms with Crippen LogP contribution in [0.1, 0.15) is 24.5 Å². The minimum absolute atomic E-state index is 0.508. The fourth-order valence-electron chi connectivity index (χ4n) is 2.08. The molecular weight excluding hydrogens is 236 g/mol. The molecule has 1 aromatic rings. The van der Waals surface area contributed by atoms with E-state index in [4.69, 9.17) is 4.74 Å². The van der Waals surface area contributed by atoms with E-state index in [1.54, 1.807) is 7.11 Å². The molecule has 0 aliphatic carbocycles. The molecule has 0 heterocycles. The number of rotatable bonds is 10. The molecule has 19 heavy (non-hydrogen) atoms. The number of benzene rings is 1. The fraction of sp³-hybridized carbons (Fsp3) is 0.625. The predicted octanol–water partition coefficient (Wildman–Crippen LogP) is 2.14. The van der Waals surface area contributed by atoms with E-state index >= 15 is 0 Å². The van der Waals surface area contributed by atoms with Crippen LogP contribution in [0.3, 0.4) is 0 Å². The van der Waals surface area contributed by atoms with Gasteiger partial charge in [0.25, 0.3) is 0 Å². The molecule has 3 nitrogen and oxygen atoms in total. The van der Waals surface area contributed by atoms with E-state index in [1.165, 1.54) is 17.5 Å². The van der Waals surface area contributed by atoms with Crippen LogP contribution < -0.4 is 10.6 Å². The maximum absolute atomic E-state index is 5.00. The highest BCUT2D eigenvalue weighted by Crippen LogP contribution is 2.08. The Hall–Kier alpha value is -0.900. The SMILES string of the molecule is COCCNCC(C)NCCCc1ccccc1C. The summed E-state index contributed by atoms with van der Waals surface area (Å²) in [5.41, 5.74) is 2.87. The monoisotopic (exact) mass is 264 g/mol. The molecule has 1 rings (SSSR count). The lowest BCUT2D eigenvalue weighted by molar-refractivity contribution is 0.198. The molecule has 0 fully saturated rings. The van der Waals surface area contributed by atoms with Crippen LogP contribution >= 0.6 is 0 Å². The Balaban J connectivity index is 2.05. The molecule has 0 spiro atoms. The van der Waals surface area contributed by atoms with Crippen LogP contribution in [0.4, 0.5) is 0 Å². The van der Waals surface area contributed by atoms with Gasteiger partial charge in [-0.05, 0) is 44.4 Å². The van der Waals surface area contributed by atoms with Crippen molar-refractivity contribution in [2.24, 2.45) is 0 Å². The summed E-state index contributed by atoms with van der Waals surface area (Å²) in [6, 6.07) is 9.15. The van der Waals surface area contributed by atoms with E-state index in [9.17, 15) is 0 Å². The summed E-state index contributed by atoms with van der Waals surface area (Å²) >= 11 is 0. The average Bonchev–Trinajstić information content (AvgIpc) is 2.41. The summed E-state index contributed by atoms with van der Waals surface area (Å²) in [7, 11) is 1.73. The van der Waals surface area contributed by atoms with Crippen molar-refractivity contribution in [3.63, 3.8) is 0 Å². The van der Waals surface area contributed by atoms with Crippen LogP contribution in [0.25, 0.3) is 0 Å². The lowest BCUT2D eigenvalue weighted by Gasteiger charge is -2.14. The Kier molecular flexibility index (Phi) is 8.47. The summed E-state index contributed by atoms with van der Waals surface area (Å²) in [6.45, 7) is 8.17. The zero-order valence-corrected chi connectivity index (χ0v) is 12.5. The van der Waals surface area contributed by atoms with Gasteiger partial charge in [-0.3, -0.25) is 0 Å². The van der Waals surface area contributed by atoms with Crippen LogP contribution in [0, 0.1) is 6.92 Å². The van der Waals surface area contributed by atoms with Gasteiger partial charge in [-0.25, -0.2) is 0 Å². The van der Waals surface area contributed by atoms with Crippen LogP contribution in [-0.2, 0) is 11.2 Å². The van der Waals surface area contributed by atoms with Crippen molar-refractivity contribution >= 4 is 0 Å². The van der Waals surface area contributed by atoms with Gasteiger partial charge < -0.3 is 15.4 Å². The molecule has 3 heteroatoms. The van der Waals surface area contributed by atoms with Crippen LogP contribution in [-0.4, -0.2) is 39.4 Å². The van der Waals surface area contributed by atoms with Crippen LogP contribution in [0.5, 0.6) is 0 Å². The van der Waals surface area contributed by atoms with Crippen molar-refractivity contribution < 1.29 is 4.74 Å². The summed E-state index contributed by atoms with van der Waals surface area (Å²) in [4.78, 5) is 0. The maximum atomic E-state index is 5.00. The first-order valence-electron chi connectivity index (χ1n) is 7.21. The Labute approximate surface area is 117 Å². The van der Waals surface area contributed by atoms with Crippen molar-refractivity contribution in [1.82, 2.24) is 10.6 Å². The molecule has 0 aromatic heterocycles. The van der Waals surface area contributed by atoms with Gasteiger partial charge in [0.15, 0.2) is 0 Å². The molecule has 108 valence electrons. The van der Waals surface area contributed by atoms with Crippen molar-refractivity contribution in [2.45, 2.75) is 32.7 Å². The number of ether oxygens (including phenoxy) is 1. The topological polar surface area (TPSA) is 33.3 Å². The van der Waals surface area contributed by atoms with E-state index in [0.717, 1.165) is 32.7 Å². The van der Waals surface area contributed by atoms with Gasteiger partial charge in [-0.1, -0.05) is 24.3 Å². The first kappa shape index (κ1) is 16.2. The average molecular weight is 264 g/mol. The fourth-order valence-corrected chi connectivity index (χ4v) is 2.08. The van der Waals surface area contributed by atoms with E-state index in [-0.39, 0.29) is 0 Å². The van der Waals surface area contributed by atoms with E-state index in [1.807, 2.05) is 0 Å². The van der Waals surface area contributed by atoms with E-state index in [2.05, 4.69) is 48.7 Å². The third kappa shape index (κ3) is 7.31. The highest BCUT2D eigenvalue weighted by atomic mass is 16.5. The van der Waals surface area contributed by atoms with Gasteiger partial charge in [-0.2, -0.15) is 0 Å². The second-order valence-corrected chi connectivity index (χ2v) is 5.08. The first-order chi connectivity index (χ1) is 9.24. The Morgan fingerprint density at radius 3 is 2.74 bits per heavy atom. The van der Waals surface area contributed by atoms with Crippen molar-refractivity contribution in [1.29, 1.82) is 0 Å². The van der Waals surface area contributed by atoms with Gasteiger partial charge in [0.2, 0.25) is 0 Å². The van der Waals surface area contributed by atoms with Crippen molar-refractivity contribution in [2.75, 3.05) is 33.4 Å². The molecule has 0 aliphatic rings. The lowest BCUT2D eigenvalue weighted by Crippen LogP contribution is -2.38. The van der Waals surface area contributed by atoms with Crippen molar-refractivity contribution in [3.05, 3.63) is 35.4 Å². The second-order valence-electron chi connectivity index (χ2n) is 5.08. The van der Waals surface area contributed by atoms with Gasteiger partial charge >= 0.3 is 0 Å². The number of nitrogens with one attached hydrogen (secondary N) is 2. The van der Waals surface area contributed by atoms with Crippen molar-refractivity contribution in [3.8, 4) is 0 Å². The highest BCUT2D eigenvalue weighted by molar-refractivity contribution is 5.25. The van der Waals surface area contributed by atoms with Crippen LogP contribution in [0.15, 0.2) is 24.3 Å². The standard InChI is InChI=1S/C16H28N2O/c1-14-7-4-5-8-16(14)9-6-10-18-15(2)13-17-11-12-19-3/h4-5,7-8,15,17-18H,6,9-13H2,1-3H3. The smallest absolute Gasteiger partial charge is 0.0587 e. The molecule has 2 N–H and O–H groups in total. The molecule has 0 amide bonds. The molecule has 0 radical (unpaired) electrons. The summed E-state index contributed by atoms with van der Waals surface area (Å²) < 4.78 is 5.00. The Morgan fingerprint density at radius 2 is 2.00 bits per heavy atom. The highest BCUT2D eigenvalue weighted by Gasteiger charge is 2.01. The number of aryl methyl sites for hydroxylation is 2. The lowest BCUT2D eigenvalue weighted by atomic mass is 10.0. The van der Waals surface area contributed by atoms with Gasteiger partial charge in [-0.15, -0.1) is 0 Å². The molecule has 1 unspecified atom stereocenters. The van der Waals surface area contributed by atoms with Crippen LogP contribution in [0.2, 0.25) is 0 Å². The third-order valence-electron chi connectivity index (χ3n) is 3.31. The quantitative estimate of drug-likeness (QED) is 0.635. The Bertz CT molecular complexity index is 341. The van der Waals surface area contributed by atoms with E-state index < -0.39 is 0 Å². The molecule has 0 aliphatic heterocycles. The molecular formula is C16H28N2O. The van der Waals surface area contributed by atoms with Gasteiger partial charge in [0.1, 0.15) is 0 Å². The summed E-state index contributed by atoms with van der Waals surface area (Å²) in [6.07, 6.45) is 2.34. The van der Waals surface area contributed by atoms with Gasteiger partial charge in [0, 0.05) is 26.2 Å². The maximum Gasteiger partial charge on any atom is 0.0587 e. The molecule has 0 saturated heterocycles. The van der Waals surface area contributed by atoms with Gasteiger partial charge in [0.05, 0.1) is 6.61 Å². The number of hydrogen-bond donors (Lipinski definition) is 2. The normalized spacial score (nSPS) is 12.6. The predicted molar refractivity (Wildman–Crippen MR) is 81.7 cm³/mol. The Morgan fingerprint density at radius 1 is 1.21 bits per heavy atom. The molecule has 0 bridgehead atoms. The number of hydrogen-bond acceptors (Lipinski definition) is 3. The zero-order valence-electron chi connectivity index (χ0n) is 12.5. The minimum atomic E-state index is 0.508. The number of methoxy groups -OCH3 is 1. The third-order valence-corrected chi connectivity index (χ3v) is 3.31. The minimum Gasteiger partial charge on any atom is -0.383 e. The molecule has 0 saturated carbocycles. The first-order valence-corrected chi connectivity index (χ1v) is 7.21.